The van der Waals surface area contributed by atoms with Gasteiger partial charge >= 0.3 is 0 Å². The Hall–Kier alpha value is -1.29. The van der Waals surface area contributed by atoms with Crippen molar-refractivity contribution in [3.8, 4) is 0 Å². The number of benzene rings is 1. The summed E-state index contributed by atoms with van der Waals surface area (Å²) in [6, 6.07) is 3.59. The fourth-order valence-corrected chi connectivity index (χ4v) is 2.33. The summed E-state index contributed by atoms with van der Waals surface area (Å²) < 4.78 is 13.3. The van der Waals surface area contributed by atoms with Gasteiger partial charge in [-0.3, -0.25) is 0 Å². The largest absolute Gasteiger partial charge is 0.397 e. The summed E-state index contributed by atoms with van der Waals surface area (Å²) in [5.74, 6) is -0.242. The molecule has 0 saturated carbocycles. The van der Waals surface area contributed by atoms with Gasteiger partial charge in [-0.15, -0.1) is 0 Å². The average molecular weight is 237 g/mol. The molecular weight excluding hydrogens is 217 g/mol. The van der Waals surface area contributed by atoms with Crippen molar-refractivity contribution in [1.82, 2.24) is 4.90 Å². The third-order valence-corrected chi connectivity index (χ3v) is 3.31. The van der Waals surface area contributed by atoms with Gasteiger partial charge in [0, 0.05) is 12.6 Å². The number of hydrogen-bond acceptors (Lipinski definition) is 3. The van der Waals surface area contributed by atoms with E-state index in [2.05, 4.69) is 17.3 Å². The fraction of sp³-hybridized carbons (Fsp3) is 0.538. The lowest BCUT2D eigenvalue weighted by molar-refractivity contribution is 0.261. The number of nitrogens with two attached hydrogens (primary N) is 1. The third-order valence-electron chi connectivity index (χ3n) is 3.31. The Morgan fingerprint density at radius 3 is 2.94 bits per heavy atom. The summed E-state index contributed by atoms with van der Waals surface area (Å²) in [5.41, 5.74) is 7.79. The monoisotopic (exact) mass is 237 g/mol. The second kappa shape index (κ2) is 4.92. The second-order valence-corrected chi connectivity index (χ2v) is 4.93. The Bertz CT molecular complexity index is 406. The highest BCUT2D eigenvalue weighted by Crippen LogP contribution is 2.24. The van der Waals surface area contributed by atoms with Crippen LogP contribution in [0.1, 0.15) is 18.4 Å². The Kier molecular flexibility index (Phi) is 3.52. The van der Waals surface area contributed by atoms with E-state index < -0.39 is 0 Å². The first-order valence-corrected chi connectivity index (χ1v) is 6.07. The molecule has 1 aromatic carbocycles. The molecule has 94 valence electrons. The first-order valence-electron chi connectivity index (χ1n) is 6.07. The zero-order valence-electron chi connectivity index (χ0n) is 10.5. The minimum atomic E-state index is -0.242. The second-order valence-electron chi connectivity index (χ2n) is 4.93. The molecule has 0 aromatic heterocycles. The number of nitrogen functional groups attached to an aromatic ring is 1. The number of piperidine rings is 1. The normalized spacial score (nSPS) is 21.5. The Morgan fingerprint density at radius 2 is 2.24 bits per heavy atom. The molecule has 1 saturated heterocycles. The molecule has 1 unspecified atom stereocenters. The van der Waals surface area contributed by atoms with Crippen molar-refractivity contribution in [2.45, 2.75) is 25.8 Å². The predicted octanol–water partition coefficient (Wildman–Crippen LogP) is 2.22. The van der Waals surface area contributed by atoms with Gasteiger partial charge in [0.15, 0.2) is 0 Å². The van der Waals surface area contributed by atoms with Gasteiger partial charge in [-0.2, -0.15) is 0 Å². The first kappa shape index (κ1) is 12.2. The molecule has 0 aliphatic carbocycles. The van der Waals surface area contributed by atoms with E-state index in [9.17, 15) is 4.39 Å². The van der Waals surface area contributed by atoms with Gasteiger partial charge in [0.05, 0.1) is 11.4 Å². The molecule has 1 heterocycles. The van der Waals surface area contributed by atoms with E-state index >= 15 is 0 Å². The minimum absolute atomic E-state index is 0.242. The van der Waals surface area contributed by atoms with Crippen LogP contribution in [0.4, 0.5) is 15.8 Å². The summed E-state index contributed by atoms with van der Waals surface area (Å²) in [6.07, 6.45) is 2.33. The average Bonchev–Trinajstić information content (AvgIpc) is 2.26. The maximum Gasteiger partial charge on any atom is 0.128 e. The molecule has 1 fully saturated rings. The number of likely N-dealkylation sites (N-methyl/N-ethyl adjacent to an activating group) is 1. The molecule has 17 heavy (non-hydrogen) atoms. The molecule has 1 aromatic rings. The van der Waals surface area contributed by atoms with Crippen LogP contribution in [0.25, 0.3) is 0 Å². The molecule has 4 heteroatoms. The fourth-order valence-electron chi connectivity index (χ4n) is 2.33. The van der Waals surface area contributed by atoms with E-state index in [1.54, 1.807) is 13.0 Å². The third kappa shape index (κ3) is 2.88. The van der Waals surface area contributed by atoms with E-state index in [1.165, 1.54) is 12.5 Å². The van der Waals surface area contributed by atoms with Gasteiger partial charge in [-0.05, 0) is 51.1 Å². The molecule has 1 atom stereocenters. The molecular formula is C13H20FN3. The zero-order chi connectivity index (χ0) is 12.4. The van der Waals surface area contributed by atoms with E-state index in [4.69, 9.17) is 5.73 Å². The lowest BCUT2D eigenvalue weighted by Gasteiger charge is -2.31. The van der Waals surface area contributed by atoms with Gasteiger partial charge < -0.3 is 16.0 Å². The Balaban J connectivity index is 2.10. The number of aryl methyl sites for hydroxylation is 1. The smallest absolute Gasteiger partial charge is 0.128 e. The van der Waals surface area contributed by atoms with Crippen molar-refractivity contribution in [2.24, 2.45) is 0 Å². The summed E-state index contributed by atoms with van der Waals surface area (Å²) in [5, 5.41) is 3.41. The van der Waals surface area contributed by atoms with E-state index in [1.807, 2.05) is 0 Å². The molecule has 3 N–H and O–H groups in total. The van der Waals surface area contributed by atoms with Gasteiger partial charge in [-0.25, -0.2) is 4.39 Å². The molecule has 0 amide bonds. The summed E-state index contributed by atoms with van der Waals surface area (Å²) >= 11 is 0. The molecule has 1 aliphatic rings. The van der Waals surface area contributed by atoms with Crippen molar-refractivity contribution < 1.29 is 4.39 Å². The Morgan fingerprint density at radius 1 is 1.47 bits per heavy atom. The minimum Gasteiger partial charge on any atom is -0.397 e. The molecule has 1 aliphatic heterocycles. The summed E-state index contributed by atoms with van der Waals surface area (Å²) in [7, 11) is 2.12. The highest BCUT2D eigenvalue weighted by atomic mass is 19.1. The number of rotatable bonds is 2. The molecule has 0 spiro atoms. The van der Waals surface area contributed by atoms with Crippen molar-refractivity contribution in [3.63, 3.8) is 0 Å². The first-order chi connectivity index (χ1) is 8.06. The van der Waals surface area contributed by atoms with E-state index in [0.29, 0.717) is 17.3 Å². The molecule has 3 nitrogen and oxygen atoms in total. The van der Waals surface area contributed by atoms with Crippen molar-refractivity contribution in [1.29, 1.82) is 0 Å². The van der Waals surface area contributed by atoms with Crippen LogP contribution in [0, 0.1) is 12.7 Å². The van der Waals surface area contributed by atoms with Crippen LogP contribution in [-0.4, -0.2) is 31.1 Å². The van der Waals surface area contributed by atoms with Crippen molar-refractivity contribution >= 4 is 11.4 Å². The van der Waals surface area contributed by atoms with Crippen LogP contribution in [0.3, 0.4) is 0 Å². The molecule has 2 rings (SSSR count). The standard InChI is InChI=1S/C13H20FN3/c1-9-6-13(12(15)7-11(9)14)16-10-4-3-5-17(2)8-10/h6-7,10,16H,3-5,8,15H2,1-2H3. The van der Waals surface area contributed by atoms with E-state index in [-0.39, 0.29) is 5.82 Å². The van der Waals surface area contributed by atoms with Crippen molar-refractivity contribution in [3.05, 3.63) is 23.5 Å². The van der Waals surface area contributed by atoms with Crippen LogP contribution in [0.5, 0.6) is 0 Å². The molecule has 0 bridgehead atoms. The predicted molar refractivity (Wildman–Crippen MR) is 69.7 cm³/mol. The lowest BCUT2D eigenvalue weighted by Crippen LogP contribution is -2.39. The number of nitrogens with one attached hydrogen (secondary N) is 1. The summed E-state index contributed by atoms with van der Waals surface area (Å²) in [6.45, 7) is 3.92. The quantitative estimate of drug-likeness (QED) is 0.775. The highest BCUT2D eigenvalue weighted by molar-refractivity contribution is 5.67. The van der Waals surface area contributed by atoms with Gasteiger partial charge in [0.2, 0.25) is 0 Å². The van der Waals surface area contributed by atoms with Crippen LogP contribution in [0.15, 0.2) is 12.1 Å². The van der Waals surface area contributed by atoms with Gasteiger partial charge in [0.25, 0.3) is 0 Å². The number of halogens is 1. The highest BCUT2D eigenvalue weighted by Gasteiger charge is 2.17. The lowest BCUT2D eigenvalue weighted by atomic mass is 10.1. The number of likely N-dealkylation sites (tertiary alicyclic amines) is 1. The van der Waals surface area contributed by atoms with Crippen LogP contribution < -0.4 is 11.1 Å². The molecule has 0 radical (unpaired) electrons. The maximum absolute atomic E-state index is 13.3. The number of anilines is 2. The SMILES string of the molecule is Cc1cc(NC2CCCN(C)C2)c(N)cc1F. The number of hydrogen-bond donors (Lipinski definition) is 2. The maximum atomic E-state index is 13.3. The van der Waals surface area contributed by atoms with Gasteiger partial charge in [-0.1, -0.05) is 0 Å². The van der Waals surface area contributed by atoms with E-state index in [0.717, 1.165) is 25.2 Å². The van der Waals surface area contributed by atoms with Crippen LogP contribution in [0.2, 0.25) is 0 Å². The zero-order valence-corrected chi connectivity index (χ0v) is 10.5. The van der Waals surface area contributed by atoms with Gasteiger partial charge in [0.1, 0.15) is 5.82 Å². The number of nitrogens with zero attached hydrogens (tertiary/aromatic N) is 1. The van der Waals surface area contributed by atoms with Crippen LogP contribution >= 0.6 is 0 Å². The van der Waals surface area contributed by atoms with Crippen molar-refractivity contribution in [2.75, 3.05) is 31.2 Å². The van der Waals surface area contributed by atoms with Crippen LogP contribution in [-0.2, 0) is 0 Å². The Labute approximate surface area is 102 Å². The topological polar surface area (TPSA) is 41.3 Å². The summed E-state index contributed by atoms with van der Waals surface area (Å²) in [4.78, 5) is 2.30.